The van der Waals surface area contributed by atoms with Crippen molar-refractivity contribution in [1.82, 2.24) is 20.0 Å². The summed E-state index contributed by atoms with van der Waals surface area (Å²) in [5.74, 6) is 0.00587. The quantitative estimate of drug-likeness (QED) is 0.374. The molecule has 2 aromatic heterocycles. The van der Waals surface area contributed by atoms with E-state index < -0.39 is 18.8 Å². The first kappa shape index (κ1) is 21.9. The molecule has 1 N–H and O–H groups in total. The van der Waals surface area contributed by atoms with E-state index in [0.29, 0.717) is 15.4 Å². The predicted octanol–water partition coefficient (Wildman–Crippen LogP) is 5.44. The highest BCUT2D eigenvalue weighted by atomic mass is 79.9. The van der Waals surface area contributed by atoms with E-state index in [0.717, 1.165) is 10.1 Å². The van der Waals surface area contributed by atoms with Gasteiger partial charge in [0.05, 0.1) is 11.2 Å². The number of nitrogens with zero attached hydrogens (tertiary/aromatic N) is 3. The van der Waals surface area contributed by atoms with E-state index in [2.05, 4.69) is 31.4 Å². The van der Waals surface area contributed by atoms with Gasteiger partial charge >= 0.3 is 12.3 Å². The van der Waals surface area contributed by atoms with Crippen LogP contribution in [-0.4, -0.2) is 27.0 Å². The van der Waals surface area contributed by atoms with Crippen LogP contribution in [0.25, 0.3) is 22.4 Å². The van der Waals surface area contributed by atoms with Gasteiger partial charge in [-0.3, -0.25) is 0 Å². The maximum Gasteiger partial charge on any atom is 0.407 e. The number of carbonyl (C=O) groups excluding carboxylic acids is 1. The molecule has 166 valence electrons. The van der Waals surface area contributed by atoms with Crippen LogP contribution in [0.5, 0.6) is 0 Å². The van der Waals surface area contributed by atoms with Gasteiger partial charge in [0.25, 0.3) is 0 Å². The first-order valence-electron chi connectivity index (χ1n) is 9.42. The maximum absolute atomic E-state index is 13.2. The number of benzene rings is 2. The summed E-state index contributed by atoms with van der Waals surface area (Å²) in [5, 5.41) is 6.85. The Morgan fingerprint density at radius 1 is 1.16 bits per heavy atom. The molecule has 1 amide bonds. The lowest BCUT2D eigenvalue weighted by atomic mass is 10.2. The molecule has 7 nitrogen and oxygen atoms in total. The Kier molecular flexibility index (Phi) is 6.17. The number of carbonyl (C=O) groups is 1. The average Bonchev–Trinajstić information content (AvgIpc) is 3.36. The van der Waals surface area contributed by atoms with Crippen molar-refractivity contribution < 1.29 is 27.2 Å². The molecular weight excluding hydrogens is 493 g/mol. The maximum atomic E-state index is 13.2. The summed E-state index contributed by atoms with van der Waals surface area (Å²) in [5.41, 5.74) is 1.35. The molecule has 32 heavy (non-hydrogen) atoms. The lowest BCUT2D eigenvalue weighted by Crippen LogP contribution is -2.23. The molecule has 0 aliphatic rings. The number of fused-ring (bicyclic) bond motifs is 1. The Morgan fingerprint density at radius 2 is 1.94 bits per heavy atom. The second-order valence-electron chi connectivity index (χ2n) is 6.83. The standard InChI is InChI=1S/C21H16BrF3N4O3/c22-15-7-4-8-16-14(15)9-17(29(16)12-21(23,24)25)19-27-18(32-28-19)10-26-20(30)31-11-13-5-2-1-3-6-13/h1-9H,10-12H2,(H,26,30). The van der Waals surface area contributed by atoms with E-state index in [1.54, 1.807) is 24.3 Å². The van der Waals surface area contributed by atoms with E-state index in [9.17, 15) is 18.0 Å². The van der Waals surface area contributed by atoms with Crippen molar-refractivity contribution >= 4 is 32.9 Å². The number of hydrogen-bond donors (Lipinski definition) is 1. The minimum atomic E-state index is -4.44. The molecule has 0 saturated heterocycles. The molecule has 2 aromatic carbocycles. The molecule has 4 rings (SSSR count). The molecule has 0 unspecified atom stereocenters. The molecule has 0 saturated carbocycles. The number of hydrogen-bond acceptors (Lipinski definition) is 5. The molecule has 0 aliphatic heterocycles. The zero-order chi connectivity index (χ0) is 22.7. The molecule has 11 heteroatoms. The number of aromatic nitrogens is 3. The van der Waals surface area contributed by atoms with E-state index in [-0.39, 0.29) is 30.6 Å². The van der Waals surface area contributed by atoms with Gasteiger partial charge in [0, 0.05) is 9.86 Å². The summed E-state index contributed by atoms with van der Waals surface area (Å²) in [6, 6.07) is 15.7. The molecule has 2 heterocycles. The molecule has 0 atom stereocenters. The van der Waals surface area contributed by atoms with Gasteiger partial charge in [-0.1, -0.05) is 57.5 Å². The number of rotatable bonds is 6. The number of alkyl halides is 3. The fourth-order valence-corrected chi connectivity index (χ4v) is 3.61. The van der Waals surface area contributed by atoms with Gasteiger partial charge in [-0.25, -0.2) is 4.79 Å². The fraction of sp³-hybridized carbons (Fsp3) is 0.190. The van der Waals surface area contributed by atoms with Crippen LogP contribution in [0.2, 0.25) is 0 Å². The van der Waals surface area contributed by atoms with Crippen molar-refractivity contribution in [3.63, 3.8) is 0 Å². The third-order valence-electron chi connectivity index (χ3n) is 4.52. The van der Waals surface area contributed by atoms with Crippen LogP contribution in [0.4, 0.5) is 18.0 Å². The van der Waals surface area contributed by atoms with Crippen LogP contribution in [-0.2, 0) is 24.4 Å². The fourth-order valence-electron chi connectivity index (χ4n) is 3.14. The highest BCUT2D eigenvalue weighted by molar-refractivity contribution is 9.10. The minimum Gasteiger partial charge on any atom is -0.445 e. The van der Waals surface area contributed by atoms with E-state index >= 15 is 0 Å². The Bertz CT molecular complexity index is 1240. The topological polar surface area (TPSA) is 82.2 Å². The summed E-state index contributed by atoms with van der Waals surface area (Å²) in [6.07, 6.45) is -5.14. The van der Waals surface area contributed by atoms with Crippen molar-refractivity contribution in [2.75, 3.05) is 0 Å². The highest BCUT2D eigenvalue weighted by Crippen LogP contribution is 2.33. The van der Waals surface area contributed by atoms with Crippen LogP contribution in [0, 0.1) is 0 Å². The zero-order valence-corrected chi connectivity index (χ0v) is 18.0. The SMILES string of the molecule is O=C(NCc1nc(-c2cc3c(Br)cccc3n2CC(F)(F)F)no1)OCc1ccccc1. The highest BCUT2D eigenvalue weighted by Gasteiger charge is 2.31. The third-order valence-corrected chi connectivity index (χ3v) is 5.22. The third kappa shape index (κ3) is 5.10. The lowest BCUT2D eigenvalue weighted by molar-refractivity contribution is -0.139. The number of halogens is 4. The molecule has 4 aromatic rings. The largest absolute Gasteiger partial charge is 0.445 e. The summed E-state index contributed by atoms with van der Waals surface area (Å²) < 4.78 is 51.5. The number of ether oxygens (including phenoxy) is 1. The number of alkyl carbamates (subject to hydrolysis) is 1. The van der Waals surface area contributed by atoms with Crippen LogP contribution in [0.15, 0.2) is 63.6 Å². The Hall–Kier alpha value is -3.34. The van der Waals surface area contributed by atoms with Gasteiger partial charge in [-0.2, -0.15) is 18.2 Å². The first-order valence-corrected chi connectivity index (χ1v) is 10.2. The van der Waals surface area contributed by atoms with Gasteiger partial charge in [0.2, 0.25) is 11.7 Å². The van der Waals surface area contributed by atoms with Crippen molar-refractivity contribution in [2.24, 2.45) is 0 Å². The smallest absolute Gasteiger partial charge is 0.407 e. The van der Waals surface area contributed by atoms with Gasteiger partial charge in [-0.05, 0) is 23.8 Å². The molecule has 0 aliphatic carbocycles. The number of amides is 1. The molecule has 0 spiro atoms. The Labute approximate surface area is 188 Å². The minimum absolute atomic E-state index is 0.0215. The Balaban J connectivity index is 1.49. The lowest BCUT2D eigenvalue weighted by Gasteiger charge is -2.11. The summed E-state index contributed by atoms with van der Waals surface area (Å²) >= 11 is 3.35. The summed E-state index contributed by atoms with van der Waals surface area (Å²) in [6.45, 7) is -1.26. The summed E-state index contributed by atoms with van der Waals surface area (Å²) in [7, 11) is 0. The molecule has 0 bridgehead atoms. The van der Waals surface area contributed by atoms with Gasteiger partial charge in [0.15, 0.2) is 0 Å². The second kappa shape index (κ2) is 9.03. The van der Waals surface area contributed by atoms with Crippen LogP contribution in [0.3, 0.4) is 0 Å². The summed E-state index contributed by atoms with van der Waals surface area (Å²) in [4.78, 5) is 16.0. The second-order valence-corrected chi connectivity index (χ2v) is 7.68. The van der Waals surface area contributed by atoms with Gasteiger partial charge in [-0.15, -0.1) is 0 Å². The van der Waals surface area contributed by atoms with Crippen molar-refractivity contribution in [2.45, 2.75) is 25.9 Å². The zero-order valence-electron chi connectivity index (χ0n) is 16.4. The molecule has 0 fully saturated rings. The van der Waals surface area contributed by atoms with Crippen LogP contribution < -0.4 is 5.32 Å². The Morgan fingerprint density at radius 3 is 2.69 bits per heavy atom. The monoisotopic (exact) mass is 508 g/mol. The predicted molar refractivity (Wildman–Crippen MR) is 112 cm³/mol. The van der Waals surface area contributed by atoms with E-state index in [4.69, 9.17) is 9.26 Å². The van der Waals surface area contributed by atoms with Crippen LogP contribution >= 0.6 is 15.9 Å². The van der Waals surface area contributed by atoms with E-state index in [1.807, 2.05) is 30.3 Å². The number of nitrogens with one attached hydrogen (secondary N) is 1. The van der Waals surface area contributed by atoms with Crippen LogP contribution in [0.1, 0.15) is 11.5 Å². The molecular formula is C21H16BrF3N4O3. The first-order chi connectivity index (χ1) is 15.3. The van der Waals surface area contributed by atoms with Crippen molar-refractivity contribution in [1.29, 1.82) is 0 Å². The van der Waals surface area contributed by atoms with Crippen molar-refractivity contribution in [3.05, 3.63) is 70.5 Å². The van der Waals surface area contributed by atoms with Gasteiger partial charge in [0.1, 0.15) is 19.7 Å². The van der Waals surface area contributed by atoms with Crippen molar-refractivity contribution in [3.8, 4) is 11.5 Å². The average molecular weight is 509 g/mol. The van der Waals surface area contributed by atoms with Gasteiger partial charge < -0.3 is 19.1 Å². The normalized spacial score (nSPS) is 11.6. The van der Waals surface area contributed by atoms with E-state index in [1.165, 1.54) is 0 Å². The molecule has 0 radical (unpaired) electrons.